The summed E-state index contributed by atoms with van der Waals surface area (Å²) in [6.07, 6.45) is 0. The van der Waals surface area contributed by atoms with Gasteiger partial charge in [-0.2, -0.15) is 0 Å². The van der Waals surface area contributed by atoms with Gasteiger partial charge in [0, 0.05) is 107 Å². The molecule has 0 saturated heterocycles. The van der Waals surface area contributed by atoms with Gasteiger partial charge in [-0.3, -0.25) is 4.94 Å². The molecule has 18 nitrogen and oxygen atoms in total. The molecule has 0 N–H and O–H groups in total. The van der Waals surface area contributed by atoms with Gasteiger partial charge in [-0.05, 0) is 205 Å². The Morgan fingerprint density at radius 3 is 0.689 bits per heavy atom. The van der Waals surface area contributed by atoms with Gasteiger partial charge in [0.05, 0.1) is 23.3 Å². The first-order valence-electron chi connectivity index (χ1n) is 38.6. The largest absolute Gasteiger partial charge is 0.357 e. The van der Waals surface area contributed by atoms with Crippen LogP contribution < -0.4 is 25.9 Å². The molecule has 556 valence electrons. The quantitative estimate of drug-likeness (QED) is 0.140. The molecule has 1 radical (unpaired) electrons. The molecular formula is C99H58N16O2V2. The van der Waals surface area contributed by atoms with Crippen LogP contribution in [0.25, 0.3) is 197 Å². The van der Waals surface area contributed by atoms with Crippen LogP contribution in [0.2, 0.25) is 0 Å². The Bertz CT molecular complexity index is 7890. The number of benzene rings is 16. The maximum Gasteiger partial charge on any atom is 0.183 e. The first-order valence-corrected chi connectivity index (χ1v) is 39.1. The van der Waals surface area contributed by atoms with Crippen molar-refractivity contribution in [2.45, 2.75) is 21.3 Å². The maximum absolute atomic E-state index is 8.19. The first kappa shape index (κ1) is 70.7. The van der Waals surface area contributed by atoms with Crippen LogP contribution in [0.15, 0.2) is 321 Å². The van der Waals surface area contributed by atoms with Crippen molar-refractivity contribution in [3.8, 4) is 45.6 Å². The van der Waals surface area contributed by atoms with Crippen LogP contribution in [0.4, 0.5) is 11.6 Å². The summed E-state index contributed by atoms with van der Waals surface area (Å²) >= 11 is 1.06. The SMILES string of the molecule is C.CC.[O]=[V+2].[V].c1ccc2cc3c(cc2c1)-c1nc-3nc2[n-]c(nc3nc(nc4[n-]c(n1)c1cc5ccccc5cc41)-c1cc4ccccc4cc1-3)c1cc3ccccc3cc21.c1ccc2cc3c(cc2c1)C1=NC3=Nc2c3cc4ccccc4cc3c3n2On2c(c4cc5ccccc5cc4c2=NC2=NC(=N3)c3cc4ccccc4cc32)=N1. The predicted octanol–water partition coefficient (Wildman–Crippen LogP) is 21.3. The number of rotatable bonds is 0. The second-order valence-corrected chi connectivity index (χ2v) is 29.4. The Morgan fingerprint density at radius 1 is 0.244 bits per heavy atom. The summed E-state index contributed by atoms with van der Waals surface area (Å²) in [4.78, 5) is 80.8. The van der Waals surface area contributed by atoms with E-state index in [0.29, 0.717) is 91.8 Å². The van der Waals surface area contributed by atoms with E-state index in [1.807, 2.05) is 62.4 Å². The molecule has 11 heterocycles. The molecule has 0 atom stereocenters. The Labute approximate surface area is 696 Å². The summed E-state index contributed by atoms with van der Waals surface area (Å²) in [6, 6.07) is 101. The van der Waals surface area contributed by atoms with Gasteiger partial charge >= 0.3 is 21.0 Å². The Morgan fingerprint density at radius 2 is 0.445 bits per heavy atom. The molecule has 6 aliphatic rings. The normalized spacial score (nSPS) is 13.0. The average molecular weight is 1610 g/mol. The van der Waals surface area contributed by atoms with Crippen molar-refractivity contribution in [1.29, 1.82) is 0 Å². The smallest absolute Gasteiger partial charge is 0.183 e. The van der Waals surface area contributed by atoms with E-state index >= 15 is 0 Å². The summed E-state index contributed by atoms with van der Waals surface area (Å²) < 4.78 is 11.6. The number of aliphatic imine (C=N–C) groups is 4. The van der Waals surface area contributed by atoms with E-state index in [2.05, 4.69) is 243 Å². The van der Waals surface area contributed by atoms with E-state index < -0.39 is 0 Å². The average Bonchev–Trinajstić information content (AvgIpc) is 1.55. The fourth-order valence-electron chi connectivity index (χ4n) is 17.3. The van der Waals surface area contributed by atoms with Crippen molar-refractivity contribution in [3.63, 3.8) is 0 Å². The summed E-state index contributed by atoms with van der Waals surface area (Å²) in [7, 11) is 0. The van der Waals surface area contributed by atoms with Crippen molar-refractivity contribution in [2.75, 3.05) is 0 Å². The molecule has 0 unspecified atom stereocenters. The zero-order valence-electron chi connectivity index (χ0n) is 62.6. The molecule has 20 heteroatoms. The monoisotopic (exact) mass is 1600 g/mol. The molecule has 0 aliphatic carbocycles. The van der Waals surface area contributed by atoms with Gasteiger partial charge in [0.2, 0.25) is 0 Å². The van der Waals surface area contributed by atoms with E-state index in [4.69, 9.17) is 78.4 Å². The third-order valence-corrected chi connectivity index (χ3v) is 22.8. The second-order valence-electron chi connectivity index (χ2n) is 29.4. The van der Waals surface area contributed by atoms with Crippen LogP contribution in [-0.2, 0) is 39.6 Å². The molecule has 14 bridgehead atoms. The van der Waals surface area contributed by atoms with Crippen LogP contribution in [0.1, 0.15) is 43.5 Å². The van der Waals surface area contributed by atoms with E-state index in [0.717, 1.165) is 191 Å². The van der Waals surface area contributed by atoms with Crippen molar-refractivity contribution in [2.24, 2.45) is 30.0 Å². The number of aromatic nitrogens is 10. The third kappa shape index (κ3) is 11.0. The molecule has 0 saturated carbocycles. The zero-order chi connectivity index (χ0) is 77.4. The number of fused-ring (bicyclic) bond motifs is 42. The van der Waals surface area contributed by atoms with Gasteiger partial charge in [-0.25, -0.2) is 39.9 Å². The molecule has 16 aromatic carbocycles. The van der Waals surface area contributed by atoms with Gasteiger partial charge < -0.3 is 29.9 Å². The van der Waals surface area contributed by atoms with Crippen molar-refractivity contribution in [3.05, 3.63) is 324 Å². The second kappa shape index (κ2) is 27.4. The topological polar surface area (TPSA) is 216 Å². The molecule has 0 fully saturated rings. The number of nitrogens with zero attached hydrogens (tertiary/aromatic N) is 16. The van der Waals surface area contributed by atoms with Gasteiger partial charge in [0.15, 0.2) is 46.0 Å². The van der Waals surface area contributed by atoms with Crippen LogP contribution in [0, 0.1) is 0 Å². The molecule has 21 aromatic rings. The Kier molecular flexibility index (Phi) is 16.3. The molecular weight excluding hydrogens is 1550 g/mol. The van der Waals surface area contributed by atoms with Crippen molar-refractivity contribution < 1.29 is 44.5 Å². The van der Waals surface area contributed by atoms with Gasteiger partial charge in [-0.1, -0.05) is 215 Å². The maximum atomic E-state index is 8.19. The molecule has 0 spiro atoms. The zero-order valence-corrected chi connectivity index (χ0v) is 65.4. The Hall–Kier alpha value is -14.9. The summed E-state index contributed by atoms with van der Waals surface area (Å²) in [5, 5.41) is 24.4. The van der Waals surface area contributed by atoms with Crippen molar-refractivity contribution in [1.82, 2.24) is 49.3 Å². The van der Waals surface area contributed by atoms with Gasteiger partial charge in [0.25, 0.3) is 0 Å². The minimum Gasteiger partial charge on any atom is -0.357 e. The summed E-state index contributed by atoms with van der Waals surface area (Å²) in [5.41, 5.74) is 10.4. The minimum atomic E-state index is 0. The molecule has 27 rings (SSSR count). The molecule has 6 aliphatic heterocycles. The number of amidine groups is 4. The van der Waals surface area contributed by atoms with E-state index in [9.17, 15) is 0 Å². The van der Waals surface area contributed by atoms with Crippen LogP contribution >= 0.6 is 0 Å². The number of hydrogen-bond donors (Lipinski definition) is 0. The number of hydrogen-bond acceptors (Lipinski definition) is 14. The summed E-state index contributed by atoms with van der Waals surface area (Å²) in [6.45, 7) is 4.00. The fourth-order valence-corrected chi connectivity index (χ4v) is 17.3. The molecule has 119 heavy (non-hydrogen) atoms. The van der Waals surface area contributed by atoms with Gasteiger partial charge in [0.1, 0.15) is 0 Å². The van der Waals surface area contributed by atoms with E-state index in [1.54, 1.807) is 9.46 Å². The van der Waals surface area contributed by atoms with Crippen LogP contribution in [0.3, 0.4) is 0 Å². The standard InChI is InChI=1S/C48H24N8O.C48H24N8.C2H6.CH4.O.2V/c1-2-10-26-18-34-33(17-25(26)9-1)41-49-42(34)52-46-39-23-31-15-7-8-16-32(31)24-40(39)48-54-44-36-20-28-12-4-3-11-27(28)19-35(36)43(50-44)53-47-38-22-30-14-6-5-13-29(30)21-37(38)45(51-41)55(47)57-56(46)48;1-2-10-26-18-34-33(17-25(26)9-1)41-49-42(34)54-44-37-21-29-13-5-6-14-30(29)22-38(37)46(51-44)56-48-40-24-32-16-8-7-15-31(32)23-39(40)47(52-48)55-45-36-20-28-12-4-3-11-27(28)19-35(36)43(50-45)53-41;1-2;;;;/h1-24H;1-24H;1-2H3;1H4;;;/q;-2;;;;;+2. The fraction of sp³-hybridized carbons (Fsp3) is 0.0303. The third-order valence-electron chi connectivity index (χ3n) is 22.8. The Balaban J connectivity index is 0.000000135. The van der Waals surface area contributed by atoms with Gasteiger partial charge in [-0.15, -0.1) is 9.46 Å². The first-order chi connectivity index (χ1) is 57.8. The van der Waals surface area contributed by atoms with E-state index in [-0.39, 0.29) is 26.0 Å². The summed E-state index contributed by atoms with van der Waals surface area (Å²) in [5.74, 6) is 5.45. The minimum absolute atomic E-state index is 0. The molecule has 0 amide bonds. The molecule has 5 aromatic heterocycles. The van der Waals surface area contributed by atoms with Crippen LogP contribution in [-0.4, -0.2) is 62.7 Å². The van der Waals surface area contributed by atoms with Crippen LogP contribution in [0.5, 0.6) is 0 Å². The van der Waals surface area contributed by atoms with Crippen molar-refractivity contribution >= 4 is 187 Å². The predicted molar refractivity (Wildman–Crippen MR) is 469 cm³/mol. The van der Waals surface area contributed by atoms with E-state index in [1.165, 1.54) is 0 Å².